The minimum atomic E-state index is -0.00627. The van der Waals surface area contributed by atoms with Gasteiger partial charge in [-0.2, -0.15) is 0 Å². The lowest BCUT2D eigenvalue weighted by Gasteiger charge is -2.50. The summed E-state index contributed by atoms with van der Waals surface area (Å²) in [5.41, 5.74) is 0.208. The molecule has 5 heteroatoms. The molecule has 0 aliphatic carbocycles. The van der Waals surface area contributed by atoms with E-state index in [-0.39, 0.29) is 11.1 Å². The van der Waals surface area contributed by atoms with Gasteiger partial charge in [-0.05, 0) is 33.1 Å². The van der Waals surface area contributed by atoms with Gasteiger partial charge in [-0.15, -0.1) is 4.91 Å². The van der Waals surface area contributed by atoms with E-state index in [0.29, 0.717) is 6.10 Å². The fourth-order valence-corrected chi connectivity index (χ4v) is 2.60. The van der Waals surface area contributed by atoms with Crippen LogP contribution in [0.2, 0.25) is 0 Å². The number of rotatable bonds is 4. The molecule has 1 atom stereocenters. The Balaban J connectivity index is 0.000000873. The predicted octanol–water partition coefficient (Wildman–Crippen LogP) is 3.25. The van der Waals surface area contributed by atoms with E-state index >= 15 is 0 Å². The Hall–Kier alpha value is -0.680. The third-order valence-electron chi connectivity index (χ3n) is 3.76. The zero-order valence-corrected chi connectivity index (χ0v) is 12.3. The lowest BCUT2D eigenvalue weighted by Crippen LogP contribution is -2.65. The molecule has 1 rings (SSSR count). The van der Waals surface area contributed by atoms with Gasteiger partial charge in [-0.3, -0.25) is 0 Å². The fraction of sp³-hybridized carbons (Fsp3) is 1.00. The van der Waals surface area contributed by atoms with Crippen LogP contribution < -0.4 is 5.32 Å². The summed E-state index contributed by atoms with van der Waals surface area (Å²) in [6, 6.07) is 0. The molecule has 1 fully saturated rings. The lowest BCUT2D eigenvalue weighted by atomic mass is 9.81. The Bertz CT molecular complexity index is 240. The van der Waals surface area contributed by atoms with Crippen molar-refractivity contribution in [3.8, 4) is 0 Å². The average Bonchev–Trinajstić information content (AvgIpc) is 2.31. The molecule has 5 nitrogen and oxygen atoms in total. The summed E-state index contributed by atoms with van der Waals surface area (Å²) in [7, 11) is 0. The highest BCUT2D eigenvalue weighted by Crippen LogP contribution is 2.33. The lowest BCUT2D eigenvalue weighted by molar-refractivity contribution is -0.150. The molecule has 1 aliphatic heterocycles. The van der Waals surface area contributed by atoms with Gasteiger partial charge >= 0.3 is 0 Å². The molecule has 0 spiro atoms. The second kappa shape index (κ2) is 7.69. The van der Waals surface area contributed by atoms with Crippen LogP contribution in [0.25, 0.3) is 0 Å². The summed E-state index contributed by atoms with van der Waals surface area (Å²) in [6.07, 6.45) is 5.05. The van der Waals surface area contributed by atoms with Crippen LogP contribution in [-0.2, 0) is 4.74 Å². The molecule has 1 heterocycles. The summed E-state index contributed by atoms with van der Waals surface area (Å²) in [5, 5.41) is 11.6. The summed E-state index contributed by atoms with van der Waals surface area (Å²) in [4.78, 5) is 8.11. The summed E-state index contributed by atoms with van der Waals surface area (Å²) >= 11 is 0. The van der Waals surface area contributed by atoms with Crippen LogP contribution in [0.1, 0.15) is 60.3 Å². The van der Waals surface area contributed by atoms with Crippen molar-refractivity contribution in [2.45, 2.75) is 77.5 Å². The topological polar surface area (TPSA) is 70.9 Å². The molecule has 0 bridgehead atoms. The standard InChI is InChI=1S/C13H27NO.HNO2/c1-6-9-11-13(7-2,8-3)14-10-12(4,5)15-11;2-1-3/h11,14H,6-10H2,1-5H3;(H,2,3). The number of hydrogen-bond donors (Lipinski definition) is 2. The van der Waals surface area contributed by atoms with Crippen LogP contribution >= 0.6 is 0 Å². The second-order valence-corrected chi connectivity index (χ2v) is 5.45. The maximum Gasteiger partial charge on any atom is 0.152 e. The van der Waals surface area contributed by atoms with Crippen LogP contribution in [0.4, 0.5) is 0 Å². The van der Waals surface area contributed by atoms with Gasteiger partial charge < -0.3 is 15.3 Å². The quantitative estimate of drug-likeness (QED) is 0.601. The van der Waals surface area contributed by atoms with Crippen LogP contribution in [0.15, 0.2) is 5.34 Å². The first-order valence-electron chi connectivity index (χ1n) is 6.80. The van der Waals surface area contributed by atoms with Crippen molar-refractivity contribution in [3.05, 3.63) is 4.91 Å². The molecule has 0 saturated carbocycles. The molecule has 2 N–H and O–H groups in total. The van der Waals surface area contributed by atoms with E-state index in [2.05, 4.69) is 39.9 Å². The van der Waals surface area contributed by atoms with Gasteiger partial charge in [0.25, 0.3) is 0 Å². The summed E-state index contributed by atoms with van der Waals surface area (Å²) < 4.78 is 6.25. The molecule has 0 amide bonds. The fourth-order valence-electron chi connectivity index (χ4n) is 2.60. The molecule has 1 aliphatic rings. The van der Waals surface area contributed by atoms with Gasteiger partial charge in [0.2, 0.25) is 0 Å². The molecule has 0 aromatic carbocycles. The Morgan fingerprint density at radius 1 is 1.33 bits per heavy atom. The number of nitrogens with one attached hydrogen (secondary N) is 1. The van der Waals surface area contributed by atoms with Gasteiger partial charge in [0.1, 0.15) is 0 Å². The van der Waals surface area contributed by atoms with E-state index < -0.39 is 0 Å². The second-order valence-electron chi connectivity index (χ2n) is 5.45. The monoisotopic (exact) mass is 260 g/mol. The van der Waals surface area contributed by atoms with E-state index in [4.69, 9.17) is 14.9 Å². The van der Waals surface area contributed by atoms with E-state index in [1.807, 2.05) is 0 Å². The van der Waals surface area contributed by atoms with Crippen molar-refractivity contribution in [1.29, 1.82) is 0 Å². The Morgan fingerprint density at radius 2 is 1.83 bits per heavy atom. The van der Waals surface area contributed by atoms with Crippen molar-refractivity contribution < 1.29 is 9.94 Å². The molecule has 18 heavy (non-hydrogen) atoms. The van der Waals surface area contributed by atoms with E-state index in [1.54, 1.807) is 0 Å². The van der Waals surface area contributed by atoms with Crippen LogP contribution in [-0.4, -0.2) is 29.0 Å². The highest BCUT2D eigenvalue weighted by Gasteiger charge is 2.43. The van der Waals surface area contributed by atoms with Crippen molar-refractivity contribution in [3.63, 3.8) is 0 Å². The number of ether oxygens (including phenoxy) is 1. The first-order chi connectivity index (χ1) is 8.41. The highest BCUT2D eigenvalue weighted by molar-refractivity contribution is 5.00. The Labute approximate surface area is 110 Å². The van der Waals surface area contributed by atoms with Crippen molar-refractivity contribution in [2.75, 3.05) is 6.54 Å². The highest BCUT2D eigenvalue weighted by atomic mass is 16.6. The van der Waals surface area contributed by atoms with E-state index in [0.717, 1.165) is 25.8 Å². The van der Waals surface area contributed by atoms with Gasteiger partial charge in [0.05, 0.1) is 11.7 Å². The minimum absolute atomic E-state index is 0.00627. The third kappa shape index (κ3) is 4.53. The number of hydrogen-bond acceptors (Lipinski definition) is 4. The smallest absolute Gasteiger partial charge is 0.152 e. The summed E-state index contributed by atoms with van der Waals surface area (Å²) in [5.74, 6) is 0. The van der Waals surface area contributed by atoms with Crippen LogP contribution in [0, 0.1) is 4.91 Å². The van der Waals surface area contributed by atoms with Crippen LogP contribution in [0.5, 0.6) is 0 Å². The number of nitrogens with zero attached hydrogens (tertiary/aromatic N) is 1. The zero-order chi connectivity index (χ0) is 14.2. The molecular formula is C13H28N2O3. The van der Waals surface area contributed by atoms with Crippen molar-refractivity contribution in [2.24, 2.45) is 5.34 Å². The third-order valence-corrected chi connectivity index (χ3v) is 3.76. The van der Waals surface area contributed by atoms with Crippen molar-refractivity contribution in [1.82, 2.24) is 5.32 Å². The molecule has 0 aromatic rings. The average molecular weight is 260 g/mol. The van der Waals surface area contributed by atoms with E-state index in [1.165, 1.54) is 11.8 Å². The van der Waals surface area contributed by atoms with Crippen molar-refractivity contribution >= 4 is 0 Å². The Kier molecular flexibility index (Phi) is 7.40. The Morgan fingerprint density at radius 3 is 2.22 bits per heavy atom. The van der Waals surface area contributed by atoms with Gasteiger partial charge in [0, 0.05) is 12.1 Å². The maximum atomic E-state index is 8.11. The first kappa shape index (κ1) is 17.3. The zero-order valence-electron chi connectivity index (χ0n) is 12.3. The number of morpholine rings is 1. The van der Waals surface area contributed by atoms with Gasteiger partial charge in [0.15, 0.2) is 5.34 Å². The molecular weight excluding hydrogens is 232 g/mol. The summed E-state index contributed by atoms with van der Waals surface area (Å²) in [6.45, 7) is 12.1. The predicted molar refractivity (Wildman–Crippen MR) is 72.8 cm³/mol. The minimum Gasteiger partial charge on any atom is -0.379 e. The molecule has 0 aromatic heterocycles. The maximum absolute atomic E-state index is 8.11. The van der Waals surface area contributed by atoms with E-state index in [9.17, 15) is 0 Å². The normalized spacial score (nSPS) is 24.8. The van der Waals surface area contributed by atoms with Gasteiger partial charge in [-0.25, -0.2) is 0 Å². The SMILES string of the molecule is CCCC1OC(C)(C)CNC1(CC)CC.O=NO. The van der Waals surface area contributed by atoms with Gasteiger partial charge in [-0.1, -0.05) is 27.2 Å². The molecule has 108 valence electrons. The largest absolute Gasteiger partial charge is 0.379 e. The van der Waals surface area contributed by atoms with Crippen LogP contribution in [0.3, 0.4) is 0 Å². The molecule has 1 saturated heterocycles. The molecule has 0 radical (unpaired) electrons. The molecule has 1 unspecified atom stereocenters. The first-order valence-corrected chi connectivity index (χ1v) is 6.80.